The van der Waals surface area contributed by atoms with Crippen molar-refractivity contribution in [2.75, 3.05) is 6.61 Å². The molecule has 0 fully saturated rings. The molecule has 8 rings (SSSR count). The third-order valence-corrected chi connectivity index (χ3v) is 9.33. The van der Waals surface area contributed by atoms with E-state index in [4.69, 9.17) is 18.6 Å². The van der Waals surface area contributed by atoms with Gasteiger partial charge in [-0.1, -0.05) is 6.07 Å². The van der Waals surface area contributed by atoms with Crippen LogP contribution in [-0.2, 0) is 6.42 Å². The number of hydrogen-bond acceptors (Lipinski definition) is 9. The van der Waals surface area contributed by atoms with Crippen LogP contribution >= 0.6 is 0 Å². The van der Waals surface area contributed by atoms with Gasteiger partial charge in [-0.2, -0.15) is 0 Å². The van der Waals surface area contributed by atoms with Crippen molar-refractivity contribution in [2.24, 2.45) is 0 Å². The zero-order valence-electron chi connectivity index (χ0n) is 27.3. The topological polar surface area (TPSA) is 139 Å². The molecule has 4 N–H and O–H groups in total. The fourth-order valence-electron chi connectivity index (χ4n) is 6.88. The normalized spacial score (nSPS) is 18.1. The predicted molar refractivity (Wildman–Crippen MR) is 186 cm³/mol. The fourth-order valence-corrected chi connectivity index (χ4v) is 6.88. The van der Waals surface area contributed by atoms with Gasteiger partial charge in [-0.15, -0.1) is 0 Å². The number of phenols is 4. The summed E-state index contributed by atoms with van der Waals surface area (Å²) in [5.41, 5.74) is 1.52. The van der Waals surface area contributed by atoms with E-state index in [1.807, 2.05) is 58.1 Å². The SMILES string of the molecule is CC1(C)C=Cc2c(ccc(-c3c(-c4cc(C5COc6c(ccc7c6C=CC(C)(C)O7)C5)c(O)cc4O)oc4cc(O)ccc4c3=O)c2O)O1. The van der Waals surface area contributed by atoms with E-state index in [0.29, 0.717) is 23.3 Å². The Labute approximate surface area is 281 Å². The first kappa shape index (κ1) is 30.5. The average Bonchev–Trinajstić information content (AvgIpc) is 3.04. The number of hydrogen-bond donors (Lipinski definition) is 4. The van der Waals surface area contributed by atoms with Crippen molar-refractivity contribution in [2.45, 2.75) is 51.2 Å². The van der Waals surface area contributed by atoms with Crippen LogP contribution in [0, 0.1) is 0 Å². The summed E-state index contributed by atoms with van der Waals surface area (Å²) in [5, 5.41) is 44.4. The zero-order valence-corrected chi connectivity index (χ0v) is 27.3. The van der Waals surface area contributed by atoms with Crippen LogP contribution in [0.5, 0.6) is 40.2 Å². The molecule has 5 aromatic rings. The molecule has 3 aliphatic heterocycles. The third-order valence-electron chi connectivity index (χ3n) is 9.33. The van der Waals surface area contributed by atoms with E-state index in [2.05, 4.69) is 0 Å². The van der Waals surface area contributed by atoms with Gasteiger partial charge in [0.1, 0.15) is 62.8 Å². The average molecular weight is 659 g/mol. The maximum absolute atomic E-state index is 14.2. The van der Waals surface area contributed by atoms with Gasteiger partial charge in [0.05, 0.1) is 34.2 Å². The van der Waals surface area contributed by atoms with Crippen LogP contribution in [0.2, 0.25) is 0 Å². The summed E-state index contributed by atoms with van der Waals surface area (Å²) >= 11 is 0. The molecule has 9 heteroatoms. The van der Waals surface area contributed by atoms with Gasteiger partial charge in [0.2, 0.25) is 5.43 Å². The quantitative estimate of drug-likeness (QED) is 0.152. The Bertz CT molecular complexity index is 2340. The van der Waals surface area contributed by atoms with Crippen molar-refractivity contribution >= 4 is 23.1 Å². The molecular weight excluding hydrogens is 624 g/mol. The van der Waals surface area contributed by atoms with Gasteiger partial charge in [-0.25, -0.2) is 0 Å². The summed E-state index contributed by atoms with van der Waals surface area (Å²) in [4.78, 5) is 14.2. The maximum Gasteiger partial charge on any atom is 0.201 e. The minimum absolute atomic E-state index is 0.00441. The van der Waals surface area contributed by atoms with Crippen LogP contribution in [0.1, 0.15) is 55.9 Å². The molecule has 4 heterocycles. The van der Waals surface area contributed by atoms with Gasteiger partial charge in [0, 0.05) is 29.2 Å². The van der Waals surface area contributed by atoms with Crippen molar-refractivity contribution in [3.05, 3.63) is 99.2 Å². The molecule has 1 aromatic heterocycles. The lowest BCUT2D eigenvalue weighted by atomic mass is 9.86. The molecule has 0 bridgehead atoms. The maximum atomic E-state index is 14.2. The van der Waals surface area contributed by atoms with E-state index in [9.17, 15) is 25.2 Å². The Hall–Kier alpha value is -5.83. The summed E-state index contributed by atoms with van der Waals surface area (Å²) in [6.07, 6.45) is 8.08. The third kappa shape index (κ3) is 5.04. The Balaban J connectivity index is 1.28. The Morgan fingerprint density at radius 2 is 1.45 bits per heavy atom. The van der Waals surface area contributed by atoms with Crippen LogP contribution in [-0.4, -0.2) is 38.2 Å². The van der Waals surface area contributed by atoms with Crippen LogP contribution in [0.3, 0.4) is 0 Å². The first-order valence-electron chi connectivity index (χ1n) is 16.1. The molecule has 248 valence electrons. The first-order valence-corrected chi connectivity index (χ1v) is 16.1. The first-order chi connectivity index (χ1) is 23.3. The summed E-state index contributed by atoms with van der Waals surface area (Å²) in [7, 11) is 0. The summed E-state index contributed by atoms with van der Waals surface area (Å²) in [6.45, 7) is 7.99. The van der Waals surface area contributed by atoms with E-state index in [1.54, 1.807) is 24.3 Å². The number of ether oxygens (including phenoxy) is 3. The molecule has 0 spiro atoms. The van der Waals surface area contributed by atoms with E-state index < -0.39 is 16.6 Å². The van der Waals surface area contributed by atoms with Crippen LogP contribution in [0.4, 0.5) is 0 Å². The molecule has 0 saturated carbocycles. The zero-order chi connectivity index (χ0) is 34.4. The van der Waals surface area contributed by atoms with Crippen molar-refractivity contribution in [3.8, 4) is 62.7 Å². The molecule has 1 unspecified atom stereocenters. The Morgan fingerprint density at radius 1 is 0.755 bits per heavy atom. The lowest BCUT2D eigenvalue weighted by Crippen LogP contribution is -2.28. The van der Waals surface area contributed by atoms with Gasteiger partial charge < -0.3 is 39.1 Å². The molecular formula is C40H34O9. The highest BCUT2D eigenvalue weighted by atomic mass is 16.5. The highest BCUT2D eigenvalue weighted by molar-refractivity contribution is 5.94. The Kier molecular flexibility index (Phi) is 6.59. The minimum atomic E-state index is -0.589. The van der Waals surface area contributed by atoms with Crippen molar-refractivity contribution in [1.29, 1.82) is 0 Å². The van der Waals surface area contributed by atoms with Crippen LogP contribution in [0.25, 0.3) is 45.6 Å². The van der Waals surface area contributed by atoms with Gasteiger partial charge >= 0.3 is 0 Å². The van der Waals surface area contributed by atoms with Gasteiger partial charge in [0.25, 0.3) is 0 Å². The standard InChI is InChI=1S/C40H34O9/c1-39(2)13-11-24-31(48-39)10-8-26(35(24)44)34-36(45)23-7-6-22(41)16-33(23)47-38(34)28-17-27(29(42)18-30(28)43)21-15-20-5-9-32-25(37(20)46-19-21)12-14-40(3,4)49-32/h5-14,16-18,21,41-44H,15,19H2,1-4H3. The molecule has 0 radical (unpaired) electrons. The monoisotopic (exact) mass is 658 g/mol. The largest absolute Gasteiger partial charge is 0.508 e. The summed E-state index contributed by atoms with van der Waals surface area (Å²) < 4.78 is 24.8. The Morgan fingerprint density at radius 3 is 2.20 bits per heavy atom. The predicted octanol–water partition coefficient (Wildman–Crippen LogP) is 8.04. The number of aromatic hydroxyl groups is 4. The molecule has 4 aromatic carbocycles. The molecule has 3 aliphatic rings. The molecule has 1 atom stereocenters. The number of phenolic OH excluding ortho intramolecular Hbond substituents is 4. The van der Waals surface area contributed by atoms with Crippen molar-refractivity contribution in [3.63, 3.8) is 0 Å². The van der Waals surface area contributed by atoms with E-state index in [1.165, 1.54) is 24.3 Å². The highest BCUT2D eigenvalue weighted by Gasteiger charge is 2.32. The molecule has 0 amide bonds. The molecule has 9 nitrogen and oxygen atoms in total. The second-order valence-corrected chi connectivity index (χ2v) is 13.9. The van der Waals surface area contributed by atoms with Gasteiger partial charge in [-0.05, 0) is 100 Å². The van der Waals surface area contributed by atoms with Gasteiger partial charge in [0.15, 0.2) is 0 Å². The highest BCUT2D eigenvalue weighted by Crippen LogP contribution is 2.49. The smallest absolute Gasteiger partial charge is 0.201 e. The second-order valence-electron chi connectivity index (χ2n) is 13.9. The van der Waals surface area contributed by atoms with Crippen LogP contribution < -0.4 is 19.6 Å². The van der Waals surface area contributed by atoms with Crippen molar-refractivity contribution < 1.29 is 39.1 Å². The van der Waals surface area contributed by atoms with E-state index in [0.717, 1.165) is 22.6 Å². The fraction of sp³-hybridized carbons (Fsp3) is 0.225. The van der Waals surface area contributed by atoms with E-state index >= 15 is 0 Å². The molecule has 0 aliphatic carbocycles. The van der Waals surface area contributed by atoms with E-state index in [-0.39, 0.29) is 68.9 Å². The van der Waals surface area contributed by atoms with Crippen molar-refractivity contribution in [1.82, 2.24) is 0 Å². The molecule has 49 heavy (non-hydrogen) atoms. The number of rotatable bonds is 3. The number of fused-ring (bicyclic) bond motifs is 5. The summed E-state index contributed by atoms with van der Waals surface area (Å²) in [5.74, 6) is 0.739. The van der Waals surface area contributed by atoms with Gasteiger partial charge in [-0.3, -0.25) is 4.79 Å². The lowest BCUT2D eigenvalue weighted by Gasteiger charge is -2.32. The minimum Gasteiger partial charge on any atom is -0.508 e. The second kappa shape index (κ2) is 10.6. The summed E-state index contributed by atoms with van der Waals surface area (Å²) in [6, 6.07) is 14.1. The van der Waals surface area contributed by atoms with Crippen LogP contribution in [0.15, 0.2) is 76.0 Å². The molecule has 0 saturated heterocycles. The number of benzene rings is 4. The lowest BCUT2D eigenvalue weighted by molar-refractivity contribution is 0.157.